The molecule has 0 spiro atoms. The van der Waals surface area contributed by atoms with E-state index in [1.165, 1.54) is 24.9 Å². The highest BCUT2D eigenvalue weighted by atomic mass is 32.2. The Kier molecular flexibility index (Phi) is 6.50. The minimum absolute atomic E-state index is 0.109. The van der Waals surface area contributed by atoms with Crippen LogP contribution in [0.4, 0.5) is 11.4 Å². The number of carbonyl (C=O) groups excluding carboxylic acids is 1. The van der Waals surface area contributed by atoms with Crippen LogP contribution in [0.25, 0.3) is 22.3 Å². The predicted octanol–water partition coefficient (Wildman–Crippen LogP) is 6.80. The van der Waals surface area contributed by atoms with E-state index in [4.69, 9.17) is 4.98 Å². The molecular weight excluding hydrogens is 440 g/mol. The van der Waals surface area contributed by atoms with Gasteiger partial charge in [-0.3, -0.25) is 4.79 Å². The lowest BCUT2D eigenvalue weighted by molar-refractivity contribution is 0.102. The van der Waals surface area contributed by atoms with E-state index in [9.17, 15) is 4.79 Å². The van der Waals surface area contributed by atoms with Crippen LogP contribution >= 0.6 is 11.9 Å². The van der Waals surface area contributed by atoms with E-state index in [2.05, 4.69) is 26.7 Å². The molecule has 0 bridgehead atoms. The number of aromatic nitrogens is 2. The second-order valence-electron chi connectivity index (χ2n) is 8.73. The standard InChI is InChI=1S/C28H28N4OS/c1-19-10-11-22(17-25(19)27-29-18-21-8-4-5-9-26(21)31-27)30-28(33)24-13-12-23(16-20(24)2)32-14-6-3-7-15-34-32/h4-5,8-13,16-18H,3,6-7,14-15H2,1-2H3,(H,30,33). The molecule has 0 saturated carbocycles. The van der Waals surface area contributed by atoms with Crippen molar-refractivity contribution in [2.24, 2.45) is 0 Å². The quantitative estimate of drug-likeness (QED) is 0.334. The van der Waals surface area contributed by atoms with Crippen molar-refractivity contribution in [1.82, 2.24) is 9.97 Å². The fourth-order valence-electron chi connectivity index (χ4n) is 4.28. The van der Waals surface area contributed by atoms with Gasteiger partial charge in [-0.1, -0.05) is 30.7 Å². The van der Waals surface area contributed by atoms with Crippen LogP contribution in [0.15, 0.2) is 66.9 Å². The van der Waals surface area contributed by atoms with Crippen LogP contribution in [-0.2, 0) is 0 Å². The summed E-state index contributed by atoms with van der Waals surface area (Å²) in [5, 5.41) is 4.07. The number of aryl methyl sites for hydroxylation is 2. The first-order valence-corrected chi connectivity index (χ1v) is 12.7. The first-order valence-electron chi connectivity index (χ1n) is 11.7. The second kappa shape index (κ2) is 9.85. The Balaban J connectivity index is 1.37. The average molecular weight is 469 g/mol. The molecule has 2 heterocycles. The molecule has 1 aromatic heterocycles. The molecule has 4 aromatic rings. The number of amides is 1. The van der Waals surface area contributed by atoms with Crippen LogP contribution in [0.3, 0.4) is 0 Å². The van der Waals surface area contributed by atoms with Crippen molar-refractivity contribution < 1.29 is 4.79 Å². The van der Waals surface area contributed by atoms with Crippen LogP contribution in [0, 0.1) is 13.8 Å². The van der Waals surface area contributed by atoms with Crippen LogP contribution in [-0.4, -0.2) is 28.2 Å². The minimum Gasteiger partial charge on any atom is -0.322 e. The van der Waals surface area contributed by atoms with Gasteiger partial charge in [-0.05, 0) is 86.2 Å². The zero-order valence-electron chi connectivity index (χ0n) is 19.5. The number of hydrogen-bond donors (Lipinski definition) is 1. The van der Waals surface area contributed by atoms with Crippen molar-refractivity contribution in [2.75, 3.05) is 21.9 Å². The maximum absolute atomic E-state index is 13.1. The van der Waals surface area contributed by atoms with E-state index in [-0.39, 0.29) is 5.91 Å². The molecule has 0 radical (unpaired) electrons. The van der Waals surface area contributed by atoms with Crippen molar-refractivity contribution in [3.05, 3.63) is 83.6 Å². The molecule has 1 fully saturated rings. The molecule has 5 nitrogen and oxygen atoms in total. The van der Waals surface area contributed by atoms with Crippen molar-refractivity contribution in [2.45, 2.75) is 33.1 Å². The molecule has 5 rings (SSSR count). The van der Waals surface area contributed by atoms with Gasteiger partial charge in [0.25, 0.3) is 5.91 Å². The highest BCUT2D eigenvalue weighted by Crippen LogP contribution is 2.30. The third-order valence-corrected chi connectivity index (χ3v) is 7.40. The van der Waals surface area contributed by atoms with Gasteiger partial charge in [0.1, 0.15) is 0 Å². The number of nitrogens with zero attached hydrogens (tertiary/aromatic N) is 3. The lowest BCUT2D eigenvalue weighted by Gasteiger charge is -2.22. The molecule has 3 aromatic carbocycles. The molecule has 0 atom stereocenters. The maximum atomic E-state index is 13.1. The van der Waals surface area contributed by atoms with E-state index in [0.29, 0.717) is 11.4 Å². The van der Waals surface area contributed by atoms with Gasteiger partial charge in [0.05, 0.1) is 5.52 Å². The average Bonchev–Trinajstić information content (AvgIpc) is 3.14. The smallest absolute Gasteiger partial charge is 0.255 e. The summed E-state index contributed by atoms with van der Waals surface area (Å²) in [5.41, 5.74) is 6.44. The Morgan fingerprint density at radius 1 is 0.971 bits per heavy atom. The molecule has 172 valence electrons. The molecule has 0 unspecified atom stereocenters. The monoisotopic (exact) mass is 468 g/mol. The van der Waals surface area contributed by atoms with Gasteiger partial charge >= 0.3 is 0 Å². The lowest BCUT2D eigenvalue weighted by Crippen LogP contribution is -2.17. The number of rotatable bonds is 4. The molecule has 0 aliphatic carbocycles. The summed E-state index contributed by atoms with van der Waals surface area (Å²) >= 11 is 1.89. The SMILES string of the molecule is Cc1cc(N2CCCCCS2)ccc1C(=O)Nc1ccc(C)c(-c2ncc3ccccc3n2)c1. The number of anilines is 2. The summed E-state index contributed by atoms with van der Waals surface area (Å²) in [7, 11) is 0. The largest absolute Gasteiger partial charge is 0.322 e. The van der Waals surface area contributed by atoms with Crippen LogP contribution in [0.5, 0.6) is 0 Å². The normalized spacial score (nSPS) is 14.1. The zero-order chi connectivity index (χ0) is 23.5. The Hall–Kier alpha value is -3.38. The van der Waals surface area contributed by atoms with E-state index < -0.39 is 0 Å². The minimum atomic E-state index is -0.109. The topological polar surface area (TPSA) is 58.1 Å². The molecule has 34 heavy (non-hydrogen) atoms. The number of carbonyl (C=O) groups is 1. The fraction of sp³-hybridized carbons (Fsp3) is 0.250. The molecule has 6 heteroatoms. The Labute approximate surface area is 204 Å². The predicted molar refractivity (Wildman–Crippen MR) is 142 cm³/mol. The van der Waals surface area contributed by atoms with Gasteiger partial charge in [0.2, 0.25) is 0 Å². The third-order valence-electron chi connectivity index (χ3n) is 6.22. The van der Waals surface area contributed by atoms with Crippen molar-refractivity contribution in [1.29, 1.82) is 0 Å². The van der Waals surface area contributed by atoms with Crippen LogP contribution < -0.4 is 9.62 Å². The van der Waals surface area contributed by atoms with E-state index in [1.807, 2.05) is 80.5 Å². The number of hydrogen-bond acceptors (Lipinski definition) is 5. The summed E-state index contributed by atoms with van der Waals surface area (Å²) < 4.78 is 2.36. The second-order valence-corrected chi connectivity index (χ2v) is 9.84. The van der Waals surface area contributed by atoms with Gasteiger partial charge in [-0.15, -0.1) is 0 Å². The molecular formula is C28H28N4OS. The summed E-state index contributed by atoms with van der Waals surface area (Å²) in [6.07, 6.45) is 5.61. The van der Waals surface area contributed by atoms with E-state index in [0.717, 1.165) is 45.6 Å². The van der Waals surface area contributed by atoms with Crippen molar-refractivity contribution in [3.63, 3.8) is 0 Å². The van der Waals surface area contributed by atoms with Gasteiger partial charge in [-0.2, -0.15) is 0 Å². The molecule has 1 saturated heterocycles. The fourth-order valence-corrected chi connectivity index (χ4v) is 5.35. The highest BCUT2D eigenvalue weighted by molar-refractivity contribution is 8.00. The van der Waals surface area contributed by atoms with Crippen LogP contribution in [0.1, 0.15) is 40.7 Å². The van der Waals surface area contributed by atoms with Gasteiger partial charge in [-0.25, -0.2) is 9.97 Å². The van der Waals surface area contributed by atoms with Gasteiger partial charge in [0, 0.05) is 46.4 Å². The summed E-state index contributed by atoms with van der Waals surface area (Å²) in [6.45, 7) is 5.09. The van der Waals surface area contributed by atoms with Gasteiger partial charge in [0.15, 0.2) is 5.82 Å². The molecule has 1 N–H and O–H groups in total. The Bertz CT molecular complexity index is 1350. The van der Waals surface area contributed by atoms with Crippen molar-refractivity contribution in [3.8, 4) is 11.4 Å². The molecule has 1 amide bonds. The summed E-state index contributed by atoms with van der Waals surface area (Å²) in [5.74, 6) is 1.70. The highest BCUT2D eigenvalue weighted by Gasteiger charge is 2.16. The molecule has 1 aliphatic heterocycles. The number of fused-ring (bicyclic) bond motifs is 1. The lowest BCUT2D eigenvalue weighted by atomic mass is 10.0. The third kappa shape index (κ3) is 4.77. The zero-order valence-corrected chi connectivity index (χ0v) is 20.4. The first-order chi connectivity index (χ1) is 16.6. The summed E-state index contributed by atoms with van der Waals surface area (Å²) in [6, 6.07) is 19.9. The number of nitrogens with one attached hydrogen (secondary N) is 1. The van der Waals surface area contributed by atoms with Crippen LogP contribution in [0.2, 0.25) is 0 Å². The van der Waals surface area contributed by atoms with Gasteiger partial charge < -0.3 is 9.62 Å². The number of benzene rings is 3. The van der Waals surface area contributed by atoms with Crippen molar-refractivity contribution >= 4 is 40.1 Å². The number of para-hydroxylation sites is 1. The Morgan fingerprint density at radius 3 is 2.74 bits per heavy atom. The van der Waals surface area contributed by atoms with E-state index in [1.54, 1.807) is 0 Å². The first kappa shape index (κ1) is 22.4. The molecule has 1 aliphatic rings. The Morgan fingerprint density at radius 2 is 1.85 bits per heavy atom. The van der Waals surface area contributed by atoms with E-state index >= 15 is 0 Å². The summed E-state index contributed by atoms with van der Waals surface area (Å²) in [4.78, 5) is 22.4. The maximum Gasteiger partial charge on any atom is 0.255 e.